The summed E-state index contributed by atoms with van der Waals surface area (Å²) in [6.07, 6.45) is 54.2. The third kappa shape index (κ3) is 42.1. The van der Waals surface area contributed by atoms with Gasteiger partial charge in [-0.15, -0.1) is 0 Å². The van der Waals surface area contributed by atoms with Crippen molar-refractivity contribution in [1.82, 2.24) is 0 Å². The maximum absolute atomic E-state index is 12.7. The van der Waals surface area contributed by atoms with Gasteiger partial charge in [0.2, 0.25) is 0 Å². The van der Waals surface area contributed by atoms with Crippen LogP contribution >= 0.6 is 0 Å². The maximum Gasteiger partial charge on any atom is 0.362 e. The fraction of sp³-hybridized carbons (Fsp3) is 0.755. The van der Waals surface area contributed by atoms with E-state index in [4.69, 9.17) is 14.2 Å². The van der Waals surface area contributed by atoms with Crippen LogP contribution in [0.2, 0.25) is 0 Å². The van der Waals surface area contributed by atoms with Crippen molar-refractivity contribution in [3.05, 3.63) is 60.8 Å². The van der Waals surface area contributed by atoms with Crippen molar-refractivity contribution in [2.45, 2.75) is 219 Å². The Kier molecular flexibility index (Phi) is 41.5. The summed E-state index contributed by atoms with van der Waals surface area (Å²) in [5.74, 6) is -1.51. The highest BCUT2D eigenvalue weighted by atomic mass is 16.6. The Morgan fingerprint density at radius 1 is 0.508 bits per heavy atom. The van der Waals surface area contributed by atoms with Gasteiger partial charge in [0.05, 0.1) is 34.4 Å². The van der Waals surface area contributed by atoms with Crippen LogP contribution in [0.5, 0.6) is 0 Å². The number of rotatable bonds is 44. The zero-order valence-electron chi connectivity index (χ0n) is 40.1. The van der Waals surface area contributed by atoms with Crippen molar-refractivity contribution in [3.63, 3.8) is 0 Å². The van der Waals surface area contributed by atoms with Crippen molar-refractivity contribution in [2.75, 3.05) is 41.0 Å². The molecule has 0 aliphatic rings. The first kappa shape index (κ1) is 58.0. The molecule has 0 aromatic heterocycles. The topological polar surface area (TPSA) is 99.1 Å². The number of esters is 2. The van der Waals surface area contributed by atoms with Gasteiger partial charge in [-0.25, -0.2) is 4.79 Å². The average Bonchev–Trinajstić information content (AvgIpc) is 3.22. The summed E-state index contributed by atoms with van der Waals surface area (Å²) in [7, 11) is 5.52. The molecule has 0 radical (unpaired) electrons. The first-order valence-corrected chi connectivity index (χ1v) is 24.8. The van der Waals surface area contributed by atoms with Crippen molar-refractivity contribution >= 4 is 17.9 Å². The lowest BCUT2D eigenvalue weighted by Gasteiger charge is -2.31. The molecular weight excluding hydrogens is 763 g/mol. The maximum atomic E-state index is 12.7. The van der Waals surface area contributed by atoms with E-state index in [1.807, 2.05) is 21.1 Å². The van der Waals surface area contributed by atoms with Crippen LogP contribution in [-0.2, 0) is 28.6 Å². The van der Waals surface area contributed by atoms with Gasteiger partial charge in [-0.2, -0.15) is 0 Å². The minimum absolute atomic E-state index is 0.0451. The summed E-state index contributed by atoms with van der Waals surface area (Å²) in [6, 6.07) is -0.624. The number of ether oxygens (including phenoxy) is 3. The van der Waals surface area contributed by atoms with Gasteiger partial charge >= 0.3 is 17.9 Å². The number of allylic oxidation sites excluding steroid dienone is 10. The predicted octanol–water partition coefficient (Wildman–Crippen LogP) is 14.1. The normalized spacial score (nSPS) is 13.4. The van der Waals surface area contributed by atoms with E-state index >= 15 is 0 Å². The first-order valence-electron chi connectivity index (χ1n) is 24.8. The van der Waals surface area contributed by atoms with Crippen LogP contribution in [0.4, 0.5) is 0 Å². The molecule has 0 fully saturated rings. The molecule has 0 saturated carbocycles. The molecule has 8 heteroatoms. The highest BCUT2D eigenvalue weighted by Crippen LogP contribution is 2.14. The zero-order chi connectivity index (χ0) is 44.9. The number of likely N-dealkylation sites (N-methyl/N-ethyl adjacent to an activating group) is 1. The molecule has 61 heavy (non-hydrogen) atoms. The van der Waals surface area contributed by atoms with E-state index in [0.29, 0.717) is 12.8 Å². The number of carboxylic acids is 1. The molecule has 0 aromatic carbocycles. The van der Waals surface area contributed by atoms with Crippen LogP contribution in [0.1, 0.15) is 206 Å². The molecular formula is C53H94NO7+. The van der Waals surface area contributed by atoms with Crippen LogP contribution in [0.3, 0.4) is 0 Å². The molecule has 0 aliphatic heterocycles. The van der Waals surface area contributed by atoms with Gasteiger partial charge in [0, 0.05) is 19.3 Å². The third-order valence-electron chi connectivity index (χ3n) is 10.9. The van der Waals surface area contributed by atoms with Gasteiger partial charge in [0.15, 0.2) is 12.1 Å². The predicted molar refractivity (Wildman–Crippen MR) is 257 cm³/mol. The standard InChI is InChI=1S/C53H93NO7/c1-6-8-10-12-14-16-18-20-22-24-25-26-27-28-30-31-33-35-37-39-41-43-51(55)60-48-49(47-59-46-45-50(53(57)58)54(3,4)5)61-52(56)44-42-40-38-36-34-32-29-23-21-19-17-15-13-11-9-7-2/h9,11,15,17,21,23,26-27,32,34,49-50H,6-8,10,12-14,16,18-20,22,24-25,28-31,33,35-48H2,1-5H3/p+1/b11-9+,17-15+,23-21+,27-26+,34-32+. The summed E-state index contributed by atoms with van der Waals surface area (Å²) in [4.78, 5) is 37.1. The van der Waals surface area contributed by atoms with Gasteiger partial charge in [-0.3, -0.25) is 9.59 Å². The van der Waals surface area contributed by atoms with Crippen molar-refractivity contribution < 1.29 is 38.2 Å². The number of hydrogen-bond acceptors (Lipinski definition) is 6. The van der Waals surface area contributed by atoms with Crippen LogP contribution < -0.4 is 0 Å². The molecule has 0 amide bonds. The van der Waals surface area contributed by atoms with Gasteiger partial charge < -0.3 is 23.8 Å². The number of nitrogens with zero attached hydrogens (tertiary/aromatic N) is 1. The number of carboxylic acid groups (broad SMARTS) is 1. The molecule has 0 aromatic rings. The Morgan fingerprint density at radius 3 is 1.39 bits per heavy atom. The van der Waals surface area contributed by atoms with E-state index in [0.717, 1.165) is 70.6 Å². The van der Waals surface area contributed by atoms with Crippen LogP contribution in [0, 0.1) is 0 Å². The summed E-state index contributed by atoms with van der Waals surface area (Å²) in [5.41, 5.74) is 0. The summed E-state index contributed by atoms with van der Waals surface area (Å²) < 4.78 is 17.3. The molecule has 0 spiro atoms. The van der Waals surface area contributed by atoms with Gasteiger partial charge in [0.1, 0.15) is 6.61 Å². The van der Waals surface area contributed by atoms with Crippen LogP contribution in [0.15, 0.2) is 60.8 Å². The quantitative estimate of drug-likeness (QED) is 0.0282. The second kappa shape index (κ2) is 43.7. The molecule has 0 aliphatic carbocycles. The molecule has 2 atom stereocenters. The van der Waals surface area contributed by atoms with Gasteiger partial charge in [-0.05, 0) is 77.0 Å². The largest absolute Gasteiger partial charge is 0.477 e. The van der Waals surface area contributed by atoms with E-state index < -0.39 is 18.1 Å². The molecule has 8 nitrogen and oxygen atoms in total. The second-order valence-corrected chi connectivity index (χ2v) is 17.7. The Labute approximate surface area is 375 Å². The summed E-state index contributed by atoms with van der Waals surface area (Å²) >= 11 is 0. The van der Waals surface area contributed by atoms with Crippen LogP contribution in [-0.4, -0.2) is 80.6 Å². The number of carbonyl (C=O) groups excluding carboxylic acids is 2. The molecule has 2 unspecified atom stereocenters. The lowest BCUT2D eigenvalue weighted by Crippen LogP contribution is -2.50. The fourth-order valence-corrected chi connectivity index (χ4v) is 7.08. The Hall–Kier alpha value is -2.97. The van der Waals surface area contributed by atoms with Crippen molar-refractivity contribution in [2.24, 2.45) is 0 Å². The summed E-state index contributed by atoms with van der Waals surface area (Å²) in [6.45, 7) is 4.59. The average molecular weight is 857 g/mol. The van der Waals surface area contributed by atoms with E-state index in [1.165, 1.54) is 103 Å². The van der Waals surface area contributed by atoms with E-state index in [9.17, 15) is 19.5 Å². The minimum atomic E-state index is -0.882. The van der Waals surface area contributed by atoms with Gasteiger partial charge in [0.25, 0.3) is 0 Å². The van der Waals surface area contributed by atoms with Crippen molar-refractivity contribution in [1.29, 1.82) is 0 Å². The number of aliphatic carboxylic acids is 1. The van der Waals surface area contributed by atoms with Crippen molar-refractivity contribution in [3.8, 4) is 0 Å². The monoisotopic (exact) mass is 857 g/mol. The molecule has 352 valence electrons. The first-order chi connectivity index (χ1) is 29.6. The Morgan fingerprint density at radius 2 is 0.918 bits per heavy atom. The highest BCUT2D eigenvalue weighted by molar-refractivity contribution is 5.72. The van der Waals surface area contributed by atoms with E-state index in [2.05, 4.69) is 74.6 Å². The second-order valence-electron chi connectivity index (χ2n) is 17.7. The molecule has 0 bridgehead atoms. The molecule has 1 N–H and O–H groups in total. The number of quaternary nitrogens is 1. The summed E-state index contributed by atoms with van der Waals surface area (Å²) in [5, 5.41) is 9.64. The smallest absolute Gasteiger partial charge is 0.362 e. The van der Waals surface area contributed by atoms with E-state index in [-0.39, 0.29) is 42.7 Å². The third-order valence-corrected chi connectivity index (χ3v) is 10.9. The van der Waals surface area contributed by atoms with Gasteiger partial charge in [-0.1, -0.05) is 171 Å². The number of unbranched alkanes of at least 4 members (excludes halogenated alkanes) is 20. The lowest BCUT2D eigenvalue weighted by molar-refractivity contribution is -0.887. The molecule has 0 saturated heterocycles. The molecule has 0 heterocycles. The van der Waals surface area contributed by atoms with E-state index in [1.54, 1.807) is 0 Å². The highest BCUT2D eigenvalue weighted by Gasteiger charge is 2.31. The van der Waals surface area contributed by atoms with Crippen LogP contribution in [0.25, 0.3) is 0 Å². The lowest BCUT2D eigenvalue weighted by atomic mass is 10.1. The molecule has 0 rings (SSSR count). The fourth-order valence-electron chi connectivity index (χ4n) is 7.08. The zero-order valence-corrected chi connectivity index (χ0v) is 40.1. The minimum Gasteiger partial charge on any atom is -0.477 e. The SMILES string of the molecule is CC/C=C/C/C=C/C/C=C/C/C=C/CCCCCC(=O)OC(COCCC(C(=O)O)[N+](C)(C)C)COC(=O)CCCCCCCCC/C=C/CCCCCCCCCCCC. The number of hydrogen-bond donors (Lipinski definition) is 1. The Bertz CT molecular complexity index is 1180. The number of carbonyl (C=O) groups is 3. The Balaban J connectivity index is 4.30.